The third kappa shape index (κ3) is 4.46. The summed E-state index contributed by atoms with van der Waals surface area (Å²) in [5, 5.41) is 5.94. The van der Waals surface area contributed by atoms with E-state index in [0.717, 1.165) is 15.8 Å². The zero-order valence-corrected chi connectivity index (χ0v) is 18.5. The number of anilines is 1. The molecule has 0 unspecified atom stereocenters. The highest BCUT2D eigenvalue weighted by atomic mass is 16.5. The molecule has 1 aromatic heterocycles. The fourth-order valence-electron chi connectivity index (χ4n) is 3.68. The Hall–Kier alpha value is -4.60. The quantitative estimate of drug-likeness (QED) is 0.316. The van der Waals surface area contributed by atoms with Gasteiger partial charge >= 0.3 is 12.0 Å². The number of hydrogen-bond acceptors (Lipinski definition) is 6. The number of carbonyl (C=O) groups is 4. The van der Waals surface area contributed by atoms with Crippen LogP contribution in [0.1, 0.15) is 5.56 Å². The van der Waals surface area contributed by atoms with Gasteiger partial charge in [0.2, 0.25) is 5.91 Å². The topological polar surface area (TPSA) is 119 Å². The number of fused-ring (bicyclic) bond motifs is 1. The molecule has 10 nitrogen and oxygen atoms in total. The van der Waals surface area contributed by atoms with Crippen molar-refractivity contribution in [1.29, 1.82) is 0 Å². The van der Waals surface area contributed by atoms with Gasteiger partial charge in [-0.25, -0.2) is 9.69 Å². The molecule has 0 spiro atoms. The summed E-state index contributed by atoms with van der Waals surface area (Å²) in [5.41, 5.74) is 1.85. The number of amides is 4. The van der Waals surface area contributed by atoms with Crippen molar-refractivity contribution in [1.82, 2.24) is 14.8 Å². The van der Waals surface area contributed by atoms with Gasteiger partial charge in [-0.05, 0) is 24.3 Å². The number of benzene rings is 2. The molecule has 1 saturated heterocycles. The van der Waals surface area contributed by atoms with Crippen LogP contribution in [-0.2, 0) is 25.7 Å². The first kappa shape index (κ1) is 22.6. The average Bonchev–Trinajstić information content (AvgIpc) is 3.31. The largest absolute Gasteiger partial charge is 0.495 e. The van der Waals surface area contributed by atoms with Crippen LogP contribution >= 0.6 is 0 Å². The molecule has 2 N–H and O–H groups in total. The SMILES string of the molecule is COC(=O)Cn1cc(/C=C2/NC(=O)N(CC(=O)Nc3ccccc3OC)C2=O)c2ccccc21. The zero-order chi connectivity index (χ0) is 24.2. The van der Waals surface area contributed by atoms with Gasteiger partial charge in [0.05, 0.1) is 19.9 Å². The van der Waals surface area contributed by atoms with E-state index >= 15 is 0 Å². The van der Waals surface area contributed by atoms with Gasteiger partial charge in [0.1, 0.15) is 24.5 Å². The van der Waals surface area contributed by atoms with Gasteiger partial charge in [-0.1, -0.05) is 30.3 Å². The minimum Gasteiger partial charge on any atom is -0.495 e. The van der Waals surface area contributed by atoms with Crippen LogP contribution in [-0.4, -0.2) is 54.0 Å². The zero-order valence-electron chi connectivity index (χ0n) is 18.5. The van der Waals surface area contributed by atoms with Crippen LogP contribution in [0.3, 0.4) is 0 Å². The summed E-state index contributed by atoms with van der Waals surface area (Å²) in [6.45, 7) is -0.472. The van der Waals surface area contributed by atoms with E-state index in [1.807, 2.05) is 24.3 Å². The Morgan fingerprint density at radius 1 is 1.03 bits per heavy atom. The number of nitrogens with zero attached hydrogens (tertiary/aromatic N) is 2. The van der Waals surface area contributed by atoms with Gasteiger partial charge in [0, 0.05) is 22.7 Å². The van der Waals surface area contributed by atoms with Gasteiger partial charge < -0.3 is 24.7 Å². The number of hydrogen-bond donors (Lipinski definition) is 2. The molecule has 3 aromatic rings. The summed E-state index contributed by atoms with van der Waals surface area (Å²) >= 11 is 0. The molecule has 1 aliphatic heterocycles. The van der Waals surface area contributed by atoms with Gasteiger partial charge in [-0.15, -0.1) is 0 Å². The lowest BCUT2D eigenvalue weighted by Gasteiger charge is -2.13. The van der Waals surface area contributed by atoms with Gasteiger partial charge in [0.15, 0.2) is 0 Å². The van der Waals surface area contributed by atoms with E-state index in [1.54, 1.807) is 35.0 Å². The Kier molecular flexibility index (Phi) is 6.30. The Labute approximate surface area is 194 Å². The van der Waals surface area contributed by atoms with Crippen molar-refractivity contribution >= 4 is 46.5 Å². The highest BCUT2D eigenvalue weighted by Gasteiger charge is 2.35. The summed E-state index contributed by atoms with van der Waals surface area (Å²) in [5.74, 6) is -1.15. The molecule has 0 bridgehead atoms. The van der Waals surface area contributed by atoms with Gasteiger partial charge in [-0.2, -0.15) is 0 Å². The molecule has 2 heterocycles. The number of rotatable bonds is 7. The molecule has 0 aliphatic carbocycles. The van der Waals surface area contributed by atoms with Gasteiger partial charge in [-0.3, -0.25) is 14.4 Å². The second-order valence-corrected chi connectivity index (χ2v) is 7.43. The number of ether oxygens (including phenoxy) is 2. The van der Waals surface area contributed by atoms with Crippen LogP contribution in [0.5, 0.6) is 5.75 Å². The lowest BCUT2D eigenvalue weighted by molar-refractivity contribution is -0.141. The number of para-hydroxylation sites is 3. The Morgan fingerprint density at radius 2 is 1.76 bits per heavy atom. The number of imide groups is 1. The molecule has 0 atom stereocenters. The minimum absolute atomic E-state index is 0.00423. The predicted molar refractivity (Wildman–Crippen MR) is 124 cm³/mol. The van der Waals surface area contributed by atoms with E-state index in [-0.39, 0.29) is 12.2 Å². The van der Waals surface area contributed by atoms with Crippen molar-refractivity contribution in [2.75, 3.05) is 26.1 Å². The summed E-state index contributed by atoms with van der Waals surface area (Å²) < 4.78 is 11.6. The lowest BCUT2D eigenvalue weighted by Crippen LogP contribution is -2.38. The maximum Gasteiger partial charge on any atom is 0.329 e. The van der Waals surface area contributed by atoms with Crippen LogP contribution in [0.15, 0.2) is 60.4 Å². The maximum atomic E-state index is 12.9. The van der Waals surface area contributed by atoms with Crippen molar-refractivity contribution in [3.63, 3.8) is 0 Å². The summed E-state index contributed by atoms with van der Waals surface area (Å²) in [7, 11) is 2.78. The molecule has 2 aromatic carbocycles. The molecule has 0 saturated carbocycles. The van der Waals surface area contributed by atoms with E-state index in [2.05, 4.69) is 10.6 Å². The first-order valence-electron chi connectivity index (χ1n) is 10.3. The van der Waals surface area contributed by atoms with Crippen LogP contribution in [0.25, 0.3) is 17.0 Å². The van der Waals surface area contributed by atoms with Crippen molar-refractivity contribution in [3.8, 4) is 5.75 Å². The predicted octanol–water partition coefficient (Wildman–Crippen LogP) is 2.35. The normalized spacial score (nSPS) is 14.4. The third-order valence-electron chi connectivity index (χ3n) is 5.29. The Morgan fingerprint density at radius 3 is 2.53 bits per heavy atom. The van der Waals surface area contributed by atoms with Crippen molar-refractivity contribution in [2.24, 2.45) is 0 Å². The fourth-order valence-corrected chi connectivity index (χ4v) is 3.68. The smallest absolute Gasteiger partial charge is 0.329 e. The van der Waals surface area contributed by atoms with E-state index < -0.39 is 30.4 Å². The van der Waals surface area contributed by atoms with E-state index in [9.17, 15) is 19.2 Å². The maximum absolute atomic E-state index is 12.9. The van der Waals surface area contributed by atoms with Crippen molar-refractivity contribution < 1.29 is 28.7 Å². The van der Waals surface area contributed by atoms with E-state index in [1.165, 1.54) is 20.3 Å². The molecule has 0 radical (unpaired) electrons. The van der Waals surface area contributed by atoms with Gasteiger partial charge in [0.25, 0.3) is 5.91 Å². The Balaban J connectivity index is 1.55. The molecule has 4 rings (SSSR count). The number of carbonyl (C=O) groups excluding carboxylic acids is 4. The fraction of sp³-hybridized carbons (Fsp3) is 0.167. The monoisotopic (exact) mass is 462 g/mol. The van der Waals surface area contributed by atoms with E-state index in [0.29, 0.717) is 17.0 Å². The number of methoxy groups -OCH3 is 2. The minimum atomic E-state index is -0.704. The molecular formula is C24H22N4O6. The lowest BCUT2D eigenvalue weighted by atomic mass is 10.1. The molecule has 174 valence electrons. The van der Waals surface area contributed by atoms with Crippen LogP contribution in [0.4, 0.5) is 10.5 Å². The molecular weight excluding hydrogens is 440 g/mol. The second kappa shape index (κ2) is 9.49. The molecule has 1 aliphatic rings. The molecule has 34 heavy (non-hydrogen) atoms. The van der Waals surface area contributed by atoms with Crippen LogP contribution < -0.4 is 15.4 Å². The number of nitrogens with one attached hydrogen (secondary N) is 2. The van der Waals surface area contributed by atoms with Crippen molar-refractivity contribution in [2.45, 2.75) is 6.54 Å². The third-order valence-corrected chi connectivity index (χ3v) is 5.29. The summed E-state index contributed by atoms with van der Waals surface area (Å²) in [6, 6.07) is 13.4. The Bertz CT molecular complexity index is 1330. The number of aromatic nitrogens is 1. The first-order valence-corrected chi connectivity index (χ1v) is 10.3. The van der Waals surface area contributed by atoms with Crippen LogP contribution in [0.2, 0.25) is 0 Å². The molecule has 1 fully saturated rings. The highest BCUT2D eigenvalue weighted by Crippen LogP contribution is 2.25. The number of urea groups is 1. The van der Waals surface area contributed by atoms with E-state index in [4.69, 9.17) is 9.47 Å². The summed E-state index contributed by atoms with van der Waals surface area (Å²) in [6.07, 6.45) is 3.22. The number of esters is 1. The summed E-state index contributed by atoms with van der Waals surface area (Å²) in [4.78, 5) is 50.4. The van der Waals surface area contributed by atoms with Crippen LogP contribution in [0, 0.1) is 0 Å². The highest BCUT2D eigenvalue weighted by molar-refractivity contribution is 6.16. The van der Waals surface area contributed by atoms with Crippen molar-refractivity contribution in [3.05, 3.63) is 66.0 Å². The standard InChI is InChI=1S/C24H22N4O6/c1-33-20-10-6-4-8-17(20)25-21(29)13-28-23(31)18(26-24(28)32)11-15-12-27(14-22(30)34-2)19-9-5-3-7-16(15)19/h3-12H,13-14H2,1-2H3,(H,25,29)(H,26,32)/b18-11+. The molecule has 4 amide bonds. The second-order valence-electron chi connectivity index (χ2n) is 7.43. The molecule has 10 heteroatoms. The first-order chi connectivity index (χ1) is 16.4. The average molecular weight is 462 g/mol.